The summed E-state index contributed by atoms with van der Waals surface area (Å²) in [6.45, 7) is 0.793. The first kappa shape index (κ1) is 14.7. The van der Waals surface area contributed by atoms with Gasteiger partial charge in [0, 0.05) is 32.4 Å². The molecule has 5 nitrogen and oxygen atoms in total. The van der Waals surface area contributed by atoms with Crippen LogP contribution in [0.1, 0.15) is 24.8 Å². The van der Waals surface area contributed by atoms with Crippen LogP contribution in [-0.2, 0) is 20.8 Å². The highest BCUT2D eigenvalue weighted by Gasteiger charge is 2.42. The third-order valence-corrected chi connectivity index (χ3v) is 4.24. The van der Waals surface area contributed by atoms with Crippen LogP contribution in [0.3, 0.4) is 0 Å². The van der Waals surface area contributed by atoms with Crippen LogP contribution >= 0.6 is 0 Å². The van der Waals surface area contributed by atoms with Crippen molar-refractivity contribution in [1.82, 2.24) is 9.80 Å². The van der Waals surface area contributed by atoms with Crippen molar-refractivity contribution in [3.8, 4) is 0 Å². The molecule has 0 spiro atoms. The minimum absolute atomic E-state index is 0.0707. The van der Waals surface area contributed by atoms with E-state index < -0.39 is 0 Å². The van der Waals surface area contributed by atoms with Crippen molar-refractivity contribution in [2.45, 2.75) is 31.7 Å². The first-order chi connectivity index (χ1) is 10.6. The summed E-state index contributed by atoms with van der Waals surface area (Å²) in [4.78, 5) is 38.2. The molecule has 0 atom stereocenters. The number of halogens is 1. The number of hydrogen-bond acceptors (Lipinski definition) is 3. The highest BCUT2D eigenvalue weighted by atomic mass is 19.1. The van der Waals surface area contributed by atoms with E-state index in [0.717, 1.165) is 0 Å². The van der Waals surface area contributed by atoms with Gasteiger partial charge in [0.15, 0.2) is 0 Å². The number of hydrogen-bond donors (Lipinski definition) is 0. The Morgan fingerprint density at radius 3 is 2.41 bits per heavy atom. The van der Waals surface area contributed by atoms with Crippen molar-refractivity contribution in [3.63, 3.8) is 0 Å². The van der Waals surface area contributed by atoms with Crippen LogP contribution in [0.2, 0.25) is 0 Å². The second-order valence-electron chi connectivity index (χ2n) is 5.70. The van der Waals surface area contributed by atoms with Gasteiger partial charge < -0.3 is 4.90 Å². The van der Waals surface area contributed by atoms with Gasteiger partial charge in [0.25, 0.3) is 0 Å². The monoisotopic (exact) mass is 304 g/mol. The Hall–Kier alpha value is -2.24. The lowest BCUT2D eigenvalue weighted by Gasteiger charge is -2.43. The van der Waals surface area contributed by atoms with Gasteiger partial charge in [-0.25, -0.2) is 4.39 Å². The lowest BCUT2D eigenvalue weighted by Crippen LogP contribution is -2.62. The van der Waals surface area contributed by atoms with Crippen LogP contribution in [0, 0.1) is 5.82 Å². The number of carbonyl (C=O) groups is 3. The summed E-state index contributed by atoms with van der Waals surface area (Å²) in [5.74, 6) is -0.662. The summed E-state index contributed by atoms with van der Waals surface area (Å²) < 4.78 is 13.5. The first-order valence-corrected chi connectivity index (χ1v) is 7.42. The van der Waals surface area contributed by atoms with Gasteiger partial charge in [-0.15, -0.1) is 0 Å². The summed E-state index contributed by atoms with van der Waals surface area (Å²) in [5, 5.41) is 0. The quantitative estimate of drug-likeness (QED) is 0.783. The Bertz CT molecular complexity index is 610. The van der Waals surface area contributed by atoms with Crippen LogP contribution < -0.4 is 0 Å². The van der Waals surface area contributed by atoms with Crippen molar-refractivity contribution < 1.29 is 18.8 Å². The van der Waals surface area contributed by atoms with E-state index in [0.29, 0.717) is 25.1 Å². The van der Waals surface area contributed by atoms with Crippen LogP contribution in [0.4, 0.5) is 4.39 Å². The minimum atomic E-state index is -0.301. The fourth-order valence-corrected chi connectivity index (χ4v) is 2.92. The summed E-state index contributed by atoms with van der Waals surface area (Å²) in [6.07, 6.45) is 1.14. The fourth-order valence-electron chi connectivity index (χ4n) is 2.92. The first-order valence-electron chi connectivity index (χ1n) is 7.42. The molecule has 116 valence electrons. The molecule has 0 saturated carbocycles. The van der Waals surface area contributed by atoms with E-state index in [9.17, 15) is 18.8 Å². The third kappa shape index (κ3) is 2.73. The molecule has 3 amide bonds. The van der Waals surface area contributed by atoms with Gasteiger partial charge in [-0.05, 0) is 18.1 Å². The molecule has 2 saturated heterocycles. The van der Waals surface area contributed by atoms with Crippen molar-refractivity contribution in [2.24, 2.45) is 0 Å². The maximum absolute atomic E-state index is 13.5. The molecule has 6 heteroatoms. The van der Waals surface area contributed by atoms with Gasteiger partial charge in [-0.1, -0.05) is 18.2 Å². The standard InChI is InChI=1S/C16H17FN2O3/c17-13-4-2-1-3-11(13)5-6-14(20)18-9-12(10-18)19-15(21)7-8-16(19)22/h1-4,12H,5-10H2. The maximum Gasteiger partial charge on any atom is 0.230 e. The van der Waals surface area contributed by atoms with E-state index in [1.807, 2.05) is 0 Å². The molecule has 1 aromatic carbocycles. The smallest absolute Gasteiger partial charge is 0.230 e. The minimum Gasteiger partial charge on any atom is -0.338 e. The average molecular weight is 304 g/mol. The predicted molar refractivity (Wildman–Crippen MR) is 76.2 cm³/mol. The number of carbonyl (C=O) groups excluding carboxylic acids is 3. The molecule has 2 aliphatic heterocycles. The number of likely N-dealkylation sites (tertiary alicyclic amines) is 2. The summed E-state index contributed by atoms with van der Waals surface area (Å²) >= 11 is 0. The van der Waals surface area contributed by atoms with E-state index in [1.54, 1.807) is 23.1 Å². The molecule has 0 bridgehead atoms. The molecule has 0 unspecified atom stereocenters. The second kappa shape index (κ2) is 5.87. The highest BCUT2D eigenvalue weighted by molar-refractivity contribution is 6.02. The topological polar surface area (TPSA) is 57.7 Å². The molecular formula is C16H17FN2O3. The zero-order valence-electron chi connectivity index (χ0n) is 12.1. The Morgan fingerprint density at radius 2 is 1.77 bits per heavy atom. The molecule has 2 heterocycles. The molecule has 3 rings (SSSR count). The zero-order chi connectivity index (χ0) is 15.7. The highest BCUT2D eigenvalue weighted by Crippen LogP contribution is 2.23. The van der Waals surface area contributed by atoms with Gasteiger partial charge in [-0.2, -0.15) is 0 Å². The number of benzene rings is 1. The second-order valence-corrected chi connectivity index (χ2v) is 5.70. The lowest BCUT2D eigenvalue weighted by molar-refractivity contribution is -0.151. The van der Waals surface area contributed by atoms with E-state index in [4.69, 9.17) is 0 Å². The number of rotatable bonds is 4. The lowest BCUT2D eigenvalue weighted by atomic mass is 10.0. The Morgan fingerprint density at radius 1 is 1.14 bits per heavy atom. The van der Waals surface area contributed by atoms with Crippen molar-refractivity contribution in [1.29, 1.82) is 0 Å². The molecule has 2 fully saturated rings. The number of nitrogens with zero attached hydrogens (tertiary/aromatic N) is 2. The molecule has 0 radical (unpaired) electrons. The molecular weight excluding hydrogens is 287 g/mol. The fraction of sp³-hybridized carbons (Fsp3) is 0.438. The van der Waals surface area contributed by atoms with Crippen molar-refractivity contribution in [3.05, 3.63) is 35.6 Å². The molecule has 22 heavy (non-hydrogen) atoms. The molecule has 0 aliphatic carbocycles. The molecule has 0 N–H and O–H groups in total. The number of aryl methyl sites for hydroxylation is 1. The van der Waals surface area contributed by atoms with E-state index in [-0.39, 0.29) is 48.8 Å². The summed E-state index contributed by atoms with van der Waals surface area (Å²) in [5.41, 5.74) is 0.526. The summed E-state index contributed by atoms with van der Waals surface area (Å²) in [7, 11) is 0. The van der Waals surface area contributed by atoms with Gasteiger partial charge >= 0.3 is 0 Å². The molecule has 0 aromatic heterocycles. The predicted octanol–water partition coefficient (Wildman–Crippen LogP) is 1.12. The van der Waals surface area contributed by atoms with Gasteiger partial charge in [-0.3, -0.25) is 19.3 Å². The van der Waals surface area contributed by atoms with Crippen LogP contribution in [0.15, 0.2) is 24.3 Å². The Balaban J connectivity index is 1.49. The Kier molecular flexibility index (Phi) is 3.92. The molecule has 1 aromatic rings. The number of imide groups is 1. The van der Waals surface area contributed by atoms with Crippen LogP contribution in [-0.4, -0.2) is 46.7 Å². The third-order valence-electron chi connectivity index (χ3n) is 4.24. The normalized spacial score (nSPS) is 18.8. The van der Waals surface area contributed by atoms with Gasteiger partial charge in [0.1, 0.15) is 5.82 Å². The van der Waals surface area contributed by atoms with Crippen molar-refractivity contribution >= 4 is 17.7 Å². The van der Waals surface area contributed by atoms with Crippen LogP contribution in [0.25, 0.3) is 0 Å². The van der Waals surface area contributed by atoms with E-state index in [2.05, 4.69) is 0 Å². The van der Waals surface area contributed by atoms with E-state index in [1.165, 1.54) is 11.0 Å². The van der Waals surface area contributed by atoms with Gasteiger partial charge in [0.2, 0.25) is 17.7 Å². The van der Waals surface area contributed by atoms with Gasteiger partial charge in [0.05, 0.1) is 6.04 Å². The average Bonchev–Trinajstić information content (AvgIpc) is 2.77. The zero-order valence-corrected chi connectivity index (χ0v) is 12.1. The maximum atomic E-state index is 13.5. The van der Waals surface area contributed by atoms with Crippen LogP contribution in [0.5, 0.6) is 0 Å². The SMILES string of the molecule is O=C(CCc1ccccc1F)N1CC(N2C(=O)CCC2=O)C1. The summed E-state index contributed by atoms with van der Waals surface area (Å²) in [6, 6.07) is 6.23. The largest absolute Gasteiger partial charge is 0.338 e. The van der Waals surface area contributed by atoms with Crippen molar-refractivity contribution in [2.75, 3.05) is 13.1 Å². The number of amides is 3. The Labute approximate surface area is 127 Å². The molecule has 2 aliphatic rings. The van der Waals surface area contributed by atoms with E-state index >= 15 is 0 Å².